The van der Waals surface area contributed by atoms with Crippen LogP contribution in [0.5, 0.6) is 0 Å². The lowest BCUT2D eigenvalue weighted by Crippen LogP contribution is -2.46. The molecule has 1 atom stereocenters. The molecule has 2 heteroatoms. The van der Waals surface area contributed by atoms with E-state index in [2.05, 4.69) is 17.1 Å². The summed E-state index contributed by atoms with van der Waals surface area (Å²) in [6, 6.07) is 0.878. The van der Waals surface area contributed by atoms with E-state index < -0.39 is 0 Å². The summed E-state index contributed by atoms with van der Waals surface area (Å²) in [5.41, 5.74) is 0.625. The van der Waals surface area contributed by atoms with Gasteiger partial charge in [-0.1, -0.05) is 19.8 Å². The summed E-state index contributed by atoms with van der Waals surface area (Å²) < 4.78 is 0. The molecule has 1 aliphatic heterocycles. The van der Waals surface area contributed by atoms with E-state index in [1.54, 1.807) is 0 Å². The van der Waals surface area contributed by atoms with Gasteiger partial charge in [0.1, 0.15) is 0 Å². The number of nitrogens with one attached hydrogen (secondary N) is 1. The molecule has 104 valence electrons. The van der Waals surface area contributed by atoms with E-state index in [9.17, 15) is 0 Å². The second-order valence-electron chi connectivity index (χ2n) is 7.34. The minimum atomic E-state index is 0.625. The third kappa shape index (κ3) is 3.27. The van der Waals surface area contributed by atoms with Gasteiger partial charge in [-0.15, -0.1) is 0 Å². The van der Waals surface area contributed by atoms with E-state index in [0.717, 1.165) is 12.0 Å². The molecule has 1 unspecified atom stereocenters. The van der Waals surface area contributed by atoms with Crippen molar-refractivity contribution in [1.82, 2.24) is 10.2 Å². The fraction of sp³-hybridized carbons (Fsp3) is 1.00. The summed E-state index contributed by atoms with van der Waals surface area (Å²) in [5, 5.41) is 3.81. The van der Waals surface area contributed by atoms with Crippen molar-refractivity contribution >= 4 is 0 Å². The first-order chi connectivity index (χ1) is 8.76. The Bertz CT molecular complexity index is 266. The maximum absolute atomic E-state index is 3.81. The number of rotatable bonds is 5. The second-order valence-corrected chi connectivity index (χ2v) is 7.34. The van der Waals surface area contributed by atoms with Crippen LogP contribution < -0.4 is 5.32 Å². The quantitative estimate of drug-likeness (QED) is 0.807. The molecule has 3 rings (SSSR count). The topological polar surface area (TPSA) is 15.3 Å². The largest absolute Gasteiger partial charge is 0.313 e. The van der Waals surface area contributed by atoms with Crippen LogP contribution in [0.1, 0.15) is 58.3 Å². The first kappa shape index (κ1) is 12.9. The van der Waals surface area contributed by atoms with Gasteiger partial charge in [-0.3, -0.25) is 0 Å². The molecule has 0 aromatic rings. The van der Waals surface area contributed by atoms with Crippen molar-refractivity contribution in [2.75, 3.05) is 26.2 Å². The van der Waals surface area contributed by atoms with Crippen molar-refractivity contribution in [3.8, 4) is 0 Å². The zero-order valence-corrected chi connectivity index (χ0v) is 12.1. The number of piperidine rings is 1. The SMILES string of the molecule is CC1CCCN(CC2(CNC3CC3)CCCC2)C1. The Morgan fingerprint density at radius 3 is 2.56 bits per heavy atom. The summed E-state index contributed by atoms with van der Waals surface area (Å²) in [4.78, 5) is 2.77. The average molecular weight is 250 g/mol. The Morgan fingerprint density at radius 1 is 1.11 bits per heavy atom. The van der Waals surface area contributed by atoms with Gasteiger partial charge in [0.2, 0.25) is 0 Å². The maximum Gasteiger partial charge on any atom is 0.00684 e. The van der Waals surface area contributed by atoms with Crippen molar-refractivity contribution in [3.05, 3.63) is 0 Å². The predicted octanol–water partition coefficient (Wildman–Crippen LogP) is 3.03. The first-order valence-electron chi connectivity index (χ1n) is 8.22. The molecular formula is C16H30N2. The van der Waals surface area contributed by atoms with Crippen LogP contribution in [0.4, 0.5) is 0 Å². The molecule has 1 N–H and O–H groups in total. The lowest BCUT2D eigenvalue weighted by molar-refractivity contribution is 0.107. The number of hydrogen-bond donors (Lipinski definition) is 1. The van der Waals surface area contributed by atoms with Crippen molar-refractivity contribution in [1.29, 1.82) is 0 Å². The molecule has 18 heavy (non-hydrogen) atoms. The molecule has 3 fully saturated rings. The standard InChI is InChI=1S/C16H30N2/c1-14-5-4-10-18(11-14)13-16(8-2-3-9-16)12-17-15-6-7-15/h14-15,17H,2-13H2,1H3. The smallest absolute Gasteiger partial charge is 0.00684 e. The van der Waals surface area contributed by atoms with Crippen molar-refractivity contribution in [3.63, 3.8) is 0 Å². The van der Waals surface area contributed by atoms with E-state index in [1.165, 1.54) is 77.5 Å². The average Bonchev–Trinajstić information content (AvgIpc) is 3.08. The van der Waals surface area contributed by atoms with Crippen LogP contribution >= 0.6 is 0 Å². The van der Waals surface area contributed by atoms with Gasteiger partial charge in [0.25, 0.3) is 0 Å². The fourth-order valence-electron chi connectivity index (χ4n) is 4.07. The molecule has 1 saturated heterocycles. The van der Waals surface area contributed by atoms with E-state index in [-0.39, 0.29) is 0 Å². The molecule has 0 aromatic heterocycles. The summed E-state index contributed by atoms with van der Waals surface area (Å²) in [5.74, 6) is 0.925. The van der Waals surface area contributed by atoms with Crippen LogP contribution in [0, 0.1) is 11.3 Å². The highest BCUT2D eigenvalue weighted by Gasteiger charge is 2.37. The molecule has 0 aromatic carbocycles. The molecule has 2 saturated carbocycles. The highest BCUT2D eigenvalue weighted by molar-refractivity contribution is 4.93. The second kappa shape index (κ2) is 5.50. The van der Waals surface area contributed by atoms with Crippen LogP contribution in [0.25, 0.3) is 0 Å². The Balaban J connectivity index is 1.54. The molecule has 0 amide bonds. The third-order valence-electron chi connectivity index (χ3n) is 5.31. The van der Waals surface area contributed by atoms with E-state index in [1.807, 2.05) is 0 Å². The van der Waals surface area contributed by atoms with Crippen molar-refractivity contribution < 1.29 is 0 Å². The highest BCUT2D eigenvalue weighted by atomic mass is 15.1. The van der Waals surface area contributed by atoms with Gasteiger partial charge in [0.05, 0.1) is 0 Å². The number of hydrogen-bond acceptors (Lipinski definition) is 2. The van der Waals surface area contributed by atoms with Crippen LogP contribution in [0.3, 0.4) is 0 Å². The van der Waals surface area contributed by atoms with Gasteiger partial charge < -0.3 is 10.2 Å². The molecule has 1 heterocycles. The molecule has 2 nitrogen and oxygen atoms in total. The molecular weight excluding hydrogens is 220 g/mol. The first-order valence-corrected chi connectivity index (χ1v) is 8.22. The van der Waals surface area contributed by atoms with Gasteiger partial charge in [-0.2, -0.15) is 0 Å². The Hall–Kier alpha value is -0.0800. The lowest BCUT2D eigenvalue weighted by atomic mass is 9.84. The minimum Gasteiger partial charge on any atom is -0.313 e. The zero-order valence-electron chi connectivity index (χ0n) is 12.1. The van der Waals surface area contributed by atoms with E-state index in [4.69, 9.17) is 0 Å². The molecule has 0 bridgehead atoms. The fourth-order valence-corrected chi connectivity index (χ4v) is 4.07. The Kier molecular flexibility index (Phi) is 3.95. The summed E-state index contributed by atoms with van der Waals surface area (Å²) in [7, 11) is 0. The molecule has 2 aliphatic carbocycles. The number of likely N-dealkylation sites (tertiary alicyclic amines) is 1. The van der Waals surface area contributed by atoms with Crippen molar-refractivity contribution in [2.24, 2.45) is 11.3 Å². The van der Waals surface area contributed by atoms with E-state index >= 15 is 0 Å². The normalized spacial score (nSPS) is 32.8. The van der Waals surface area contributed by atoms with Gasteiger partial charge in [0.15, 0.2) is 0 Å². The highest BCUT2D eigenvalue weighted by Crippen LogP contribution is 2.39. The van der Waals surface area contributed by atoms with Gasteiger partial charge in [0, 0.05) is 25.7 Å². The van der Waals surface area contributed by atoms with Crippen LogP contribution in [-0.2, 0) is 0 Å². The number of nitrogens with zero attached hydrogens (tertiary/aromatic N) is 1. The minimum absolute atomic E-state index is 0.625. The molecule has 0 spiro atoms. The summed E-state index contributed by atoms with van der Waals surface area (Å²) in [6.07, 6.45) is 11.6. The lowest BCUT2D eigenvalue weighted by Gasteiger charge is -2.39. The Labute approximate surface area is 113 Å². The van der Waals surface area contributed by atoms with Crippen LogP contribution in [0.2, 0.25) is 0 Å². The Morgan fingerprint density at radius 2 is 1.89 bits per heavy atom. The van der Waals surface area contributed by atoms with Crippen LogP contribution in [-0.4, -0.2) is 37.1 Å². The van der Waals surface area contributed by atoms with Crippen LogP contribution in [0.15, 0.2) is 0 Å². The maximum atomic E-state index is 3.81. The third-order valence-corrected chi connectivity index (χ3v) is 5.31. The zero-order chi connectivity index (χ0) is 12.4. The van der Waals surface area contributed by atoms with Crippen molar-refractivity contribution in [2.45, 2.75) is 64.3 Å². The summed E-state index contributed by atoms with van der Waals surface area (Å²) >= 11 is 0. The summed E-state index contributed by atoms with van der Waals surface area (Å²) in [6.45, 7) is 7.80. The monoisotopic (exact) mass is 250 g/mol. The molecule has 3 aliphatic rings. The van der Waals surface area contributed by atoms with Gasteiger partial charge in [-0.25, -0.2) is 0 Å². The molecule has 0 radical (unpaired) electrons. The predicted molar refractivity (Wildman–Crippen MR) is 76.8 cm³/mol. The van der Waals surface area contributed by atoms with E-state index in [0.29, 0.717) is 5.41 Å². The van der Waals surface area contributed by atoms with Gasteiger partial charge in [-0.05, 0) is 56.4 Å². The van der Waals surface area contributed by atoms with Gasteiger partial charge >= 0.3 is 0 Å².